The van der Waals surface area contributed by atoms with E-state index in [1.165, 1.54) is 6.08 Å². The van der Waals surface area contributed by atoms with Crippen molar-refractivity contribution in [3.63, 3.8) is 0 Å². The Kier molecular flexibility index (Phi) is 7.53. The number of anilines is 1. The van der Waals surface area contributed by atoms with Crippen molar-refractivity contribution in [3.05, 3.63) is 92.9 Å². The highest BCUT2D eigenvalue weighted by Crippen LogP contribution is 2.29. The Morgan fingerprint density at radius 1 is 1.00 bits per heavy atom. The number of urea groups is 1. The Bertz CT molecular complexity index is 1320. The van der Waals surface area contributed by atoms with E-state index in [1.54, 1.807) is 48.5 Å². The summed E-state index contributed by atoms with van der Waals surface area (Å²) in [6.07, 6.45) is 1.43. The fourth-order valence-corrected chi connectivity index (χ4v) is 4.11. The van der Waals surface area contributed by atoms with Crippen LogP contribution in [0, 0.1) is 0 Å². The second-order valence-corrected chi connectivity index (χ2v) is 8.72. The topological polar surface area (TPSA) is 84.9 Å². The van der Waals surface area contributed by atoms with Gasteiger partial charge in [-0.25, -0.2) is 9.69 Å². The number of amides is 4. The molecule has 1 aliphatic rings. The zero-order valence-corrected chi connectivity index (χ0v) is 20.9. The van der Waals surface area contributed by atoms with Gasteiger partial charge in [0.2, 0.25) is 0 Å². The van der Waals surface area contributed by atoms with Crippen LogP contribution in [0.1, 0.15) is 18.1 Å². The predicted octanol–water partition coefficient (Wildman–Crippen LogP) is 5.75. The first-order valence-electron chi connectivity index (χ1n) is 10.7. The van der Waals surface area contributed by atoms with Crippen LogP contribution in [0.3, 0.4) is 0 Å². The van der Waals surface area contributed by atoms with E-state index in [0.29, 0.717) is 38.9 Å². The maximum atomic E-state index is 13.1. The first-order chi connectivity index (χ1) is 16.9. The van der Waals surface area contributed by atoms with Crippen molar-refractivity contribution in [2.45, 2.75) is 13.5 Å². The number of ether oxygens (including phenoxy) is 2. The Balaban J connectivity index is 1.53. The van der Waals surface area contributed by atoms with Gasteiger partial charge in [-0.3, -0.25) is 14.9 Å². The van der Waals surface area contributed by atoms with Crippen LogP contribution in [-0.4, -0.2) is 24.5 Å². The minimum absolute atomic E-state index is 0.167. The molecule has 1 aliphatic heterocycles. The molecule has 35 heavy (non-hydrogen) atoms. The number of rotatable bonds is 7. The Morgan fingerprint density at radius 2 is 1.74 bits per heavy atom. The predicted molar refractivity (Wildman–Crippen MR) is 137 cm³/mol. The van der Waals surface area contributed by atoms with Gasteiger partial charge < -0.3 is 9.47 Å². The van der Waals surface area contributed by atoms with Crippen LogP contribution in [0.15, 0.2) is 76.8 Å². The van der Waals surface area contributed by atoms with Gasteiger partial charge in [0, 0.05) is 10.6 Å². The van der Waals surface area contributed by atoms with Gasteiger partial charge in [-0.15, -0.1) is 0 Å². The molecule has 1 N–H and O–H groups in total. The smallest absolute Gasteiger partial charge is 0.335 e. The zero-order valence-electron chi connectivity index (χ0n) is 18.6. The number of carbonyl (C=O) groups is 3. The molecule has 3 aromatic rings. The lowest BCUT2D eigenvalue weighted by molar-refractivity contribution is -0.122. The number of halogens is 2. The number of hydrogen-bond acceptors (Lipinski definition) is 5. The van der Waals surface area contributed by atoms with Gasteiger partial charge in [0.25, 0.3) is 11.8 Å². The van der Waals surface area contributed by atoms with Crippen LogP contribution >= 0.6 is 27.5 Å². The third-order valence-electron chi connectivity index (χ3n) is 5.12. The summed E-state index contributed by atoms with van der Waals surface area (Å²) in [5.41, 5.74) is 1.55. The lowest BCUT2D eigenvalue weighted by atomic mass is 10.1. The monoisotopic (exact) mass is 554 g/mol. The Hall–Kier alpha value is -3.62. The fraction of sp³-hybridized carbons (Fsp3) is 0.115. The summed E-state index contributed by atoms with van der Waals surface area (Å²) >= 11 is 9.57. The standard InChI is InChI=1S/C26H20BrClN2O5/c1-2-34-23-12-7-16(14-21(23)27)13-20-24(31)29-26(33)30(25(20)32)18-8-10-19(11-9-18)35-15-17-5-3-4-6-22(17)28/h3-14H,2,15H2,1H3,(H,29,31,33)/b20-13+. The summed E-state index contributed by atoms with van der Waals surface area (Å²) < 4.78 is 11.9. The van der Waals surface area contributed by atoms with Gasteiger partial charge in [-0.05, 0) is 77.0 Å². The van der Waals surface area contributed by atoms with Gasteiger partial charge in [-0.2, -0.15) is 0 Å². The fourth-order valence-electron chi connectivity index (χ4n) is 3.41. The van der Waals surface area contributed by atoms with Crippen molar-refractivity contribution in [2.24, 2.45) is 0 Å². The molecule has 4 rings (SSSR count). The number of nitrogens with zero attached hydrogens (tertiary/aromatic N) is 1. The highest BCUT2D eigenvalue weighted by atomic mass is 79.9. The average Bonchev–Trinajstić information content (AvgIpc) is 2.84. The van der Waals surface area contributed by atoms with Gasteiger partial charge >= 0.3 is 6.03 Å². The maximum Gasteiger partial charge on any atom is 0.335 e. The molecule has 3 aromatic carbocycles. The number of hydrogen-bond donors (Lipinski definition) is 1. The lowest BCUT2D eigenvalue weighted by Gasteiger charge is -2.26. The number of benzene rings is 3. The number of nitrogens with one attached hydrogen (secondary N) is 1. The third-order valence-corrected chi connectivity index (χ3v) is 6.10. The van der Waals surface area contributed by atoms with Crippen molar-refractivity contribution >= 4 is 57.1 Å². The molecule has 1 heterocycles. The summed E-state index contributed by atoms with van der Waals surface area (Å²) in [5.74, 6) is -0.318. The summed E-state index contributed by atoms with van der Waals surface area (Å²) in [6.45, 7) is 2.64. The molecule has 7 nitrogen and oxygen atoms in total. The minimum atomic E-state index is -0.824. The molecule has 0 bridgehead atoms. The molecule has 178 valence electrons. The molecular weight excluding hydrogens is 536 g/mol. The summed E-state index contributed by atoms with van der Waals surface area (Å²) in [5, 5.41) is 2.82. The third kappa shape index (κ3) is 5.55. The van der Waals surface area contributed by atoms with Crippen molar-refractivity contribution in [3.8, 4) is 11.5 Å². The second-order valence-electron chi connectivity index (χ2n) is 7.45. The molecule has 0 radical (unpaired) electrons. The molecule has 0 aliphatic carbocycles. The summed E-state index contributed by atoms with van der Waals surface area (Å²) in [4.78, 5) is 39.0. The van der Waals surface area contributed by atoms with Crippen LogP contribution in [0.5, 0.6) is 11.5 Å². The van der Waals surface area contributed by atoms with Gasteiger partial charge in [0.1, 0.15) is 23.7 Å². The van der Waals surface area contributed by atoms with E-state index in [-0.39, 0.29) is 12.2 Å². The first-order valence-corrected chi connectivity index (χ1v) is 11.8. The van der Waals surface area contributed by atoms with Crippen molar-refractivity contribution in [2.75, 3.05) is 11.5 Å². The molecule has 9 heteroatoms. The quantitative estimate of drug-likeness (QED) is 0.297. The van der Waals surface area contributed by atoms with Crippen LogP contribution in [-0.2, 0) is 16.2 Å². The van der Waals surface area contributed by atoms with Crippen LogP contribution < -0.4 is 19.7 Å². The Morgan fingerprint density at radius 3 is 2.43 bits per heavy atom. The normalized spacial score (nSPS) is 14.8. The first kappa shape index (κ1) is 24.5. The minimum Gasteiger partial charge on any atom is -0.493 e. The molecule has 0 unspecified atom stereocenters. The van der Waals surface area contributed by atoms with E-state index < -0.39 is 17.8 Å². The van der Waals surface area contributed by atoms with E-state index in [2.05, 4.69) is 21.2 Å². The molecule has 0 spiro atoms. The van der Waals surface area contributed by atoms with Gasteiger partial charge in [0.05, 0.1) is 16.8 Å². The zero-order chi connectivity index (χ0) is 24.9. The molecule has 4 amide bonds. The summed E-state index contributed by atoms with van der Waals surface area (Å²) in [7, 11) is 0. The Labute approximate surface area is 215 Å². The molecule has 1 fully saturated rings. The van der Waals surface area contributed by atoms with Gasteiger partial charge in [0.15, 0.2) is 0 Å². The highest BCUT2D eigenvalue weighted by Gasteiger charge is 2.36. The number of carbonyl (C=O) groups excluding carboxylic acids is 3. The van der Waals surface area contributed by atoms with Crippen LogP contribution in [0.2, 0.25) is 5.02 Å². The average molecular weight is 556 g/mol. The number of barbiturate groups is 1. The molecule has 0 atom stereocenters. The van der Waals surface area contributed by atoms with Crippen molar-refractivity contribution < 1.29 is 23.9 Å². The molecule has 1 saturated heterocycles. The maximum absolute atomic E-state index is 13.1. The van der Waals surface area contributed by atoms with Gasteiger partial charge in [-0.1, -0.05) is 35.9 Å². The van der Waals surface area contributed by atoms with Crippen molar-refractivity contribution in [1.82, 2.24) is 5.32 Å². The SMILES string of the molecule is CCOc1ccc(/C=C2\C(=O)NC(=O)N(c3ccc(OCc4ccccc4Cl)cc3)C2=O)cc1Br. The van der Waals surface area contributed by atoms with E-state index in [1.807, 2.05) is 25.1 Å². The van der Waals surface area contributed by atoms with E-state index >= 15 is 0 Å². The molecule has 0 aromatic heterocycles. The van der Waals surface area contributed by atoms with Crippen LogP contribution in [0.25, 0.3) is 6.08 Å². The summed E-state index contributed by atoms with van der Waals surface area (Å²) in [6, 6.07) is 18.1. The van der Waals surface area contributed by atoms with E-state index in [4.69, 9.17) is 21.1 Å². The van der Waals surface area contributed by atoms with Crippen molar-refractivity contribution in [1.29, 1.82) is 0 Å². The largest absolute Gasteiger partial charge is 0.493 e. The molecule has 0 saturated carbocycles. The molecular formula is C26H20BrClN2O5. The highest BCUT2D eigenvalue weighted by molar-refractivity contribution is 9.10. The lowest BCUT2D eigenvalue weighted by Crippen LogP contribution is -2.54. The van der Waals surface area contributed by atoms with Crippen LogP contribution in [0.4, 0.5) is 10.5 Å². The van der Waals surface area contributed by atoms with E-state index in [0.717, 1.165) is 10.5 Å². The number of imide groups is 2. The second kappa shape index (κ2) is 10.8. The van der Waals surface area contributed by atoms with E-state index in [9.17, 15) is 14.4 Å².